The van der Waals surface area contributed by atoms with Crippen LogP contribution in [0.25, 0.3) is 0 Å². The maximum absolute atomic E-state index is 0. The van der Waals surface area contributed by atoms with Crippen LogP contribution in [-0.2, 0) is 20.1 Å². The second-order valence-corrected chi connectivity index (χ2v) is 0. The minimum absolute atomic E-state index is 0. The maximum Gasteiger partial charge on any atom is 4.00 e. The summed E-state index contributed by atoms with van der Waals surface area (Å²) in [7, 11) is 0. The van der Waals surface area contributed by atoms with Crippen molar-refractivity contribution in [3.05, 3.63) is 0 Å². The largest absolute Gasteiger partial charge is 4.00 e. The van der Waals surface area contributed by atoms with Gasteiger partial charge in [0.05, 0.1) is 0 Å². The summed E-state index contributed by atoms with van der Waals surface area (Å²) in [6.07, 6.45) is 0. The van der Waals surface area contributed by atoms with Crippen molar-refractivity contribution >= 4 is 0 Å². The first-order valence-electron chi connectivity index (χ1n) is 0. The van der Waals surface area contributed by atoms with E-state index in [9.17, 15) is 0 Å². The molecule has 0 N–H and O–H groups in total. The van der Waals surface area contributed by atoms with Crippen LogP contribution in [0.4, 0.5) is 0 Å². The molecule has 0 saturated heterocycles. The first kappa shape index (κ1) is 85.4. The second-order valence-electron chi connectivity index (χ2n) is 0. The second kappa shape index (κ2) is 68.3. The molecule has 0 bridgehead atoms. The van der Waals surface area contributed by atoms with E-state index >= 15 is 0 Å². The van der Waals surface area contributed by atoms with E-state index in [2.05, 4.69) is 0 Å². The monoisotopic (exact) mass is 481 g/mol. The first-order valence-corrected chi connectivity index (χ1v) is 0. The van der Waals surface area contributed by atoms with Crippen LogP contribution in [0.5, 0.6) is 0 Å². The predicted octanol–water partition coefficient (Wildman–Crippen LogP) is -24.0. The van der Waals surface area contributed by atoms with Gasteiger partial charge >= 0.3 is 123 Å². The van der Waals surface area contributed by atoms with Crippen molar-refractivity contribution in [2.45, 2.75) is 0 Å². The molecule has 0 saturated carbocycles. The van der Waals surface area contributed by atoms with E-state index in [1.807, 2.05) is 0 Å². The summed E-state index contributed by atoms with van der Waals surface area (Å²) >= 11 is 0. The molecule has 0 aliphatic heterocycles. The van der Waals surface area contributed by atoms with Crippen molar-refractivity contribution in [1.82, 2.24) is 0 Å². The molecule has 0 aliphatic rings. The average Bonchev–Trinajstić information content (AvgIpc) is 0. The zero-order valence-electron chi connectivity index (χ0n) is 4.60. The van der Waals surface area contributed by atoms with Gasteiger partial charge in [-0.2, -0.15) is 0 Å². The molecule has 0 aromatic heterocycles. The summed E-state index contributed by atoms with van der Waals surface area (Å²) in [5.74, 6) is 0. The Morgan fingerprint density at radius 3 is 0.333 bits per heavy atom. The topological polar surface area (TPSA) is 0 Å². The number of hydrogen-bond donors (Lipinski definition) is 0. The van der Waals surface area contributed by atoms with Crippen molar-refractivity contribution < 1.29 is 197 Å². The zero-order valence-corrected chi connectivity index (χ0v) is 17.8. The third kappa shape index (κ3) is 58.0. The van der Waals surface area contributed by atoms with Crippen LogP contribution < -0.4 is 177 Å². The molecule has 0 heterocycles. The Balaban J connectivity index is 0. The van der Waals surface area contributed by atoms with Crippen LogP contribution in [0.2, 0.25) is 0 Å². The van der Waals surface area contributed by atoms with Crippen molar-refractivity contribution in [3.63, 3.8) is 0 Å². The molecule has 0 atom stereocenters. The Morgan fingerprint density at radius 1 is 0.333 bits per heavy atom. The normalized spacial score (nSPS) is 0. The summed E-state index contributed by atoms with van der Waals surface area (Å²) in [6.45, 7) is 0. The van der Waals surface area contributed by atoms with Gasteiger partial charge in [0.15, 0.2) is 0 Å². The van der Waals surface area contributed by atoms with Gasteiger partial charge in [0.25, 0.3) is 0 Å². The van der Waals surface area contributed by atoms with Gasteiger partial charge in [0.1, 0.15) is 0 Å². The molecule has 0 fully saturated rings. The molecule has 53 valence electrons. The molecule has 9 heavy (non-hydrogen) atoms. The summed E-state index contributed by atoms with van der Waals surface area (Å²) in [5, 5.41) is 0. The summed E-state index contributed by atoms with van der Waals surface area (Å²) < 4.78 is 0. The summed E-state index contributed by atoms with van der Waals surface area (Å²) in [4.78, 5) is 0. The standard InChI is InChI=1S/6ClH.Ir.2K/h6*1H;;;/q;;;;;;+4;2*+1/p-6. The minimum atomic E-state index is 0. The smallest absolute Gasteiger partial charge is 1.00 e. The van der Waals surface area contributed by atoms with E-state index in [0.717, 1.165) is 0 Å². The Bertz CT molecular complexity index is 11.0. The van der Waals surface area contributed by atoms with Crippen molar-refractivity contribution in [1.29, 1.82) is 0 Å². The van der Waals surface area contributed by atoms with E-state index in [0.29, 0.717) is 0 Å². The van der Waals surface area contributed by atoms with Gasteiger partial charge < -0.3 is 74.4 Å². The average molecular weight is 483 g/mol. The van der Waals surface area contributed by atoms with Crippen LogP contribution in [0, 0.1) is 0 Å². The molecule has 0 amide bonds. The van der Waals surface area contributed by atoms with Crippen LogP contribution in [-0.4, -0.2) is 0 Å². The minimum Gasteiger partial charge on any atom is -1.00 e. The van der Waals surface area contributed by atoms with Gasteiger partial charge in [0, 0.05) is 0 Å². The number of halogens is 6. The predicted molar refractivity (Wildman–Crippen MR) is 0 cm³/mol. The molecule has 0 nitrogen and oxygen atoms in total. The molecule has 9 heteroatoms. The van der Waals surface area contributed by atoms with Gasteiger partial charge in [-0.05, 0) is 0 Å². The number of hydrogen-bond acceptors (Lipinski definition) is 0. The van der Waals surface area contributed by atoms with Gasteiger partial charge in [-0.15, -0.1) is 0 Å². The fourth-order valence-corrected chi connectivity index (χ4v) is 0. The molecule has 0 rings (SSSR count). The molecule has 0 spiro atoms. The van der Waals surface area contributed by atoms with Gasteiger partial charge in [-0.25, -0.2) is 0 Å². The molecule has 0 aliphatic carbocycles. The third-order valence-electron chi connectivity index (χ3n) is 0. The third-order valence-corrected chi connectivity index (χ3v) is 0. The van der Waals surface area contributed by atoms with E-state index in [1.54, 1.807) is 0 Å². The van der Waals surface area contributed by atoms with Crippen LogP contribution in [0.3, 0.4) is 0 Å². The molecule has 0 aromatic rings. The summed E-state index contributed by atoms with van der Waals surface area (Å²) in [5.41, 5.74) is 0. The Kier molecular flexibility index (Phi) is 648. The Labute approximate surface area is 192 Å². The van der Waals surface area contributed by atoms with E-state index in [-0.39, 0.29) is 197 Å². The Morgan fingerprint density at radius 2 is 0.333 bits per heavy atom. The fraction of sp³-hybridized carbons (Fsp3) is 0. The Hall–Kier alpha value is 5.66. The molecule has 0 unspecified atom stereocenters. The van der Waals surface area contributed by atoms with Crippen molar-refractivity contribution in [3.8, 4) is 0 Å². The van der Waals surface area contributed by atoms with Gasteiger partial charge in [-0.1, -0.05) is 0 Å². The number of rotatable bonds is 0. The van der Waals surface area contributed by atoms with Crippen molar-refractivity contribution in [2.24, 2.45) is 0 Å². The van der Waals surface area contributed by atoms with Crippen LogP contribution in [0.15, 0.2) is 0 Å². The maximum atomic E-state index is 0. The quantitative estimate of drug-likeness (QED) is 0.301. The molecular formula is Cl6IrK2. The molecule has 0 aromatic carbocycles. The SMILES string of the molecule is [Cl-].[Cl-].[Cl-].[Cl-].[Cl-].[Cl-].[Ir+4].[K+].[K+]. The summed E-state index contributed by atoms with van der Waals surface area (Å²) in [6, 6.07) is 0. The molecule has 1 radical (unpaired) electrons. The van der Waals surface area contributed by atoms with Gasteiger partial charge in [0.2, 0.25) is 0 Å². The van der Waals surface area contributed by atoms with E-state index in [4.69, 9.17) is 0 Å². The fourth-order valence-electron chi connectivity index (χ4n) is 0. The zero-order chi connectivity index (χ0) is 0. The van der Waals surface area contributed by atoms with E-state index < -0.39 is 0 Å². The molecular weight excluding hydrogens is 483 g/mol. The van der Waals surface area contributed by atoms with Crippen LogP contribution >= 0.6 is 0 Å². The first-order chi connectivity index (χ1) is 0. The van der Waals surface area contributed by atoms with Crippen LogP contribution in [0.1, 0.15) is 0 Å². The van der Waals surface area contributed by atoms with Gasteiger partial charge in [-0.3, -0.25) is 0 Å². The van der Waals surface area contributed by atoms with Crippen molar-refractivity contribution in [2.75, 3.05) is 0 Å². The van der Waals surface area contributed by atoms with E-state index in [1.165, 1.54) is 0 Å².